The Labute approximate surface area is 276 Å². The number of carbonyl (C=O) groups is 4. The normalized spacial score (nSPS) is 40.5. The van der Waals surface area contributed by atoms with E-state index in [1.54, 1.807) is 0 Å². The second kappa shape index (κ2) is 12.7. The molecule has 0 aromatic rings. The summed E-state index contributed by atoms with van der Waals surface area (Å²) in [5.74, 6) is 1.46. The van der Waals surface area contributed by atoms with Gasteiger partial charge in [0.05, 0.1) is 5.41 Å². The van der Waals surface area contributed by atoms with Gasteiger partial charge in [0.2, 0.25) is 6.10 Å². The van der Waals surface area contributed by atoms with Gasteiger partial charge >= 0.3 is 23.9 Å². The molecule has 0 radical (unpaired) electrons. The Hall–Kier alpha value is -2.12. The largest absolute Gasteiger partial charge is 0.462 e. The van der Waals surface area contributed by atoms with Crippen LogP contribution in [0, 0.1) is 57.2 Å². The van der Waals surface area contributed by atoms with Gasteiger partial charge in [-0.25, -0.2) is 4.79 Å². The maximum Gasteiger partial charge on any atom is 0.348 e. The fourth-order valence-electron chi connectivity index (χ4n) is 10.7. The van der Waals surface area contributed by atoms with Crippen LogP contribution in [0.4, 0.5) is 0 Å². The number of hydrogen-bond acceptors (Lipinski definition) is 8. The monoisotopic (exact) mass is 644 g/mol. The molecular weight excluding hydrogens is 584 g/mol. The molecule has 1 heterocycles. The van der Waals surface area contributed by atoms with Crippen LogP contribution in [0.15, 0.2) is 0 Å². The smallest absolute Gasteiger partial charge is 0.348 e. The Kier molecular flexibility index (Phi) is 9.74. The van der Waals surface area contributed by atoms with Crippen LogP contribution in [0.3, 0.4) is 0 Å². The van der Waals surface area contributed by atoms with Crippen LogP contribution >= 0.6 is 0 Å². The molecule has 0 aromatic heterocycles. The van der Waals surface area contributed by atoms with Crippen LogP contribution in [0.5, 0.6) is 0 Å². The van der Waals surface area contributed by atoms with Gasteiger partial charge in [0.25, 0.3) is 0 Å². The van der Waals surface area contributed by atoms with Crippen molar-refractivity contribution >= 4 is 23.9 Å². The Bertz CT molecular complexity index is 1190. The van der Waals surface area contributed by atoms with Crippen LogP contribution in [0.2, 0.25) is 0 Å². The molecular formula is C38H60O8. The van der Waals surface area contributed by atoms with Crippen molar-refractivity contribution in [1.82, 2.24) is 0 Å². The van der Waals surface area contributed by atoms with E-state index in [9.17, 15) is 19.2 Å². The van der Waals surface area contributed by atoms with Crippen LogP contribution in [-0.2, 0) is 38.1 Å². The molecule has 5 fully saturated rings. The summed E-state index contributed by atoms with van der Waals surface area (Å²) in [6.45, 7) is 18.6. The van der Waals surface area contributed by atoms with E-state index >= 15 is 0 Å². The molecule has 5 rings (SSSR count). The van der Waals surface area contributed by atoms with E-state index in [2.05, 4.69) is 20.8 Å². The number of carbonyl (C=O) groups excluding carboxylic acids is 4. The van der Waals surface area contributed by atoms with Gasteiger partial charge < -0.3 is 18.9 Å². The highest BCUT2D eigenvalue weighted by atomic mass is 16.6. The molecule has 0 N–H and O–H groups in total. The van der Waals surface area contributed by atoms with E-state index in [-0.39, 0.29) is 59.9 Å². The molecule has 46 heavy (non-hydrogen) atoms. The van der Waals surface area contributed by atoms with Crippen molar-refractivity contribution in [1.29, 1.82) is 0 Å². The minimum absolute atomic E-state index is 0.0140. The summed E-state index contributed by atoms with van der Waals surface area (Å²) in [6.07, 6.45) is 8.89. The van der Waals surface area contributed by atoms with Gasteiger partial charge in [0.1, 0.15) is 18.8 Å². The third-order valence-corrected chi connectivity index (χ3v) is 14.0. The molecule has 11 atom stereocenters. The minimum Gasteiger partial charge on any atom is -0.462 e. The van der Waals surface area contributed by atoms with Gasteiger partial charge in [0.15, 0.2) is 0 Å². The molecule has 1 aliphatic heterocycles. The summed E-state index contributed by atoms with van der Waals surface area (Å²) in [5.41, 5.74) is -1.00. The maximum absolute atomic E-state index is 12.9. The van der Waals surface area contributed by atoms with Crippen molar-refractivity contribution in [3.8, 4) is 0 Å². The number of fused-ring (bicyclic) bond motifs is 5. The van der Waals surface area contributed by atoms with E-state index in [1.807, 2.05) is 34.6 Å². The first-order valence-corrected chi connectivity index (χ1v) is 18.2. The Balaban J connectivity index is 1.28. The average molecular weight is 645 g/mol. The fraction of sp³-hybridized carbons (Fsp3) is 0.895. The molecule has 4 aliphatic carbocycles. The van der Waals surface area contributed by atoms with Crippen LogP contribution in [0.1, 0.15) is 133 Å². The SMILES string of the molecule is CCC(C)(C)C(=O)O[C@H]1CC[C@@]2(C)C(CCC3C2C[C@H](OC(C)=O)[C@]2(C)C(C(C)CCC(=O)OC4C(=O)OCC4(C)C)CCC32)C1. The zero-order chi connectivity index (χ0) is 33.8. The van der Waals surface area contributed by atoms with Crippen molar-refractivity contribution in [2.24, 2.45) is 57.2 Å². The average Bonchev–Trinajstić information content (AvgIpc) is 3.48. The lowest BCUT2D eigenvalue weighted by Gasteiger charge is -2.62. The zero-order valence-corrected chi connectivity index (χ0v) is 29.9. The number of esters is 4. The molecule has 0 bridgehead atoms. The summed E-state index contributed by atoms with van der Waals surface area (Å²) in [5, 5.41) is 0. The van der Waals surface area contributed by atoms with Gasteiger partial charge in [-0.2, -0.15) is 0 Å². The number of cyclic esters (lactones) is 1. The lowest BCUT2D eigenvalue weighted by Crippen LogP contribution is -2.59. The lowest BCUT2D eigenvalue weighted by atomic mass is 9.43. The highest BCUT2D eigenvalue weighted by Gasteiger charge is 2.65. The summed E-state index contributed by atoms with van der Waals surface area (Å²) in [6, 6.07) is 0. The molecule has 0 spiro atoms. The summed E-state index contributed by atoms with van der Waals surface area (Å²) in [7, 11) is 0. The van der Waals surface area contributed by atoms with E-state index in [0.717, 1.165) is 51.4 Å². The van der Waals surface area contributed by atoms with Crippen molar-refractivity contribution in [2.45, 2.75) is 151 Å². The number of rotatable bonds is 9. The molecule has 7 unspecified atom stereocenters. The molecule has 0 amide bonds. The van der Waals surface area contributed by atoms with Gasteiger partial charge in [0, 0.05) is 24.2 Å². The highest BCUT2D eigenvalue weighted by molar-refractivity contribution is 5.81. The lowest BCUT2D eigenvalue weighted by molar-refractivity contribution is -0.199. The zero-order valence-electron chi connectivity index (χ0n) is 29.9. The molecule has 8 nitrogen and oxygen atoms in total. The number of ether oxygens (including phenoxy) is 4. The quantitative estimate of drug-likeness (QED) is 0.188. The van der Waals surface area contributed by atoms with Crippen molar-refractivity contribution < 1.29 is 38.1 Å². The van der Waals surface area contributed by atoms with E-state index < -0.39 is 22.9 Å². The Morgan fingerprint density at radius 3 is 2.30 bits per heavy atom. The van der Waals surface area contributed by atoms with E-state index in [0.29, 0.717) is 36.0 Å². The maximum atomic E-state index is 12.9. The van der Waals surface area contributed by atoms with Crippen LogP contribution in [0.25, 0.3) is 0 Å². The molecule has 0 aromatic carbocycles. The van der Waals surface area contributed by atoms with Gasteiger partial charge in [-0.05, 0) is 119 Å². The summed E-state index contributed by atoms with van der Waals surface area (Å²) in [4.78, 5) is 50.6. The molecule has 5 aliphatic rings. The molecule has 8 heteroatoms. The standard InChI is InChI=1S/C38H60O8/c1-10-35(4,5)34(42)45-25-17-18-37(8)24(19-25)12-13-26-28-15-14-27(38(28,9)30(20-29(26)37)44-23(3)39)22(2)11-16-31(40)46-32-33(41)43-21-36(32,6)7/h22,24-30,32H,10-21H2,1-9H3/t22?,24?,25-,26?,27?,28?,29?,30-,32?,37-,38+/m0/s1. The highest BCUT2D eigenvalue weighted by Crippen LogP contribution is 2.69. The second-order valence-electron chi connectivity index (χ2n) is 17.6. The van der Waals surface area contributed by atoms with Gasteiger partial charge in [-0.1, -0.05) is 41.5 Å². The molecule has 260 valence electrons. The van der Waals surface area contributed by atoms with Crippen molar-refractivity contribution in [3.63, 3.8) is 0 Å². The third kappa shape index (κ3) is 6.24. The van der Waals surface area contributed by atoms with Crippen molar-refractivity contribution in [3.05, 3.63) is 0 Å². The van der Waals surface area contributed by atoms with E-state index in [1.165, 1.54) is 13.3 Å². The second-order valence-corrected chi connectivity index (χ2v) is 17.6. The third-order valence-electron chi connectivity index (χ3n) is 14.0. The Morgan fingerprint density at radius 2 is 1.67 bits per heavy atom. The van der Waals surface area contributed by atoms with E-state index in [4.69, 9.17) is 18.9 Å². The Morgan fingerprint density at radius 1 is 0.957 bits per heavy atom. The predicted molar refractivity (Wildman–Crippen MR) is 173 cm³/mol. The first-order valence-electron chi connectivity index (χ1n) is 18.2. The molecule has 4 saturated carbocycles. The number of hydrogen-bond donors (Lipinski definition) is 0. The first-order chi connectivity index (χ1) is 21.4. The van der Waals surface area contributed by atoms with Crippen LogP contribution in [-0.4, -0.2) is 48.8 Å². The predicted octanol–water partition coefficient (Wildman–Crippen LogP) is 7.45. The molecule has 1 saturated heterocycles. The van der Waals surface area contributed by atoms with Crippen LogP contribution < -0.4 is 0 Å². The van der Waals surface area contributed by atoms with Gasteiger partial charge in [-0.3, -0.25) is 14.4 Å². The van der Waals surface area contributed by atoms with Gasteiger partial charge in [-0.15, -0.1) is 0 Å². The first kappa shape index (κ1) is 35.2. The summed E-state index contributed by atoms with van der Waals surface area (Å²) >= 11 is 0. The topological polar surface area (TPSA) is 105 Å². The summed E-state index contributed by atoms with van der Waals surface area (Å²) < 4.78 is 23.2. The fourth-order valence-corrected chi connectivity index (χ4v) is 10.7. The minimum atomic E-state index is -0.853. The van der Waals surface area contributed by atoms with Crippen molar-refractivity contribution in [2.75, 3.05) is 6.61 Å².